The number of benzene rings is 3. The molecule has 4 rings (SSSR count). The lowest BCUT2D eigenvalue weighted by Gasteiger charge is -2.15. The van der Waals surface area contributed by atoms with E-state index in [9.17, 15) is 9.59 Å². The number of hydrogen-bond acceptors (Lipinski definition) is 5. The summed E-state index contributed by atoms with van der Waals surface area (Å²) in [5, 5.41) is 0.453. The third-order valence-corrected chi connectivity index (χ3v) is 7.50. The van der Waals surface area contributed by atoms with Gasteiger partial charge in [0.05, 0.1) is 31.7 Å². The summed E-state index contributed by atoms with van der Waals surface area (Å²) in [5.74, 6) is 0.862. The van der Waals surface area contributed by atoms with E-state index in [0.29, 0.717) is 39.7 Å². The number of carbonyl (C=O) groups excluding carboxylic acids is 2. The van der Waals surface area contributed by atoms with Crippen molar-refractivity contribution in [2.45, 2.75) is 20.1 Å². The molecule has 0 saturated carbocycles. The van der Waals surface area contributed by atoms with E-state index in [0.717, 1.165) is 32.0 Å². The molecule has 2 amide bonds. The molecule has 9 heteroatoms. The minimum atomic E-state index is -0.358. The van der Waals surface area contributed by atoms with Gasteiger partial charge in [0.1, 0.15) is 6.61 Å². The Kier molecular flexibility index (Phi) is 8.64. The maximum atomic E-state index is 13.0. The van der Waals surface area contributed by atoms with Crippen molar-refractivity contribution in [2.24, 2.45) is 0 Å². The zero-order valence-electron chi connectivity index (χ0n) is 18.6. The SMILES string of the molecule is CCOc1cc(/C=C2/SC(=O)N(Cc3ccc(Cl)c(Cl)c3)C2=O)cc(I)c1OCc1ccccc1. The first-order chi connectivity index (χ1) is 16.9. The van der Waals surface area contributed by atoms with Crippen molar-refractivity contribution in [1.82, 2.24) is 4.90 Å². The molecule has 0 radical (unpaired) electrons. The van der Waals surface area contributed by atoms with E-state index in [2.05, 4.69) is 22.6 Å². The van der Waals surface area contributed by atoms with Crippen molar-refractivity contribution in [3.05, 3.63) is 95.9 Å². The van der Waals surface area contributed by atoms with Gasteiger partial charge in [-0.2, -0.15) is 0 Å². The number of hydrogen-bond donors (Lipinski definition) is 0. The predicted octanol–water partition coefficient (Wildman–Crippen LogP) is 7.81. The smallest absolute Gasteiger partial charge is 0.293 e. The van der Waals surface area contributed by atoms with E-state index in [-0.39, 0.29) is 17.7 Å². The van der Waals surface area contributed by atoms with Gasteiger partial charge in [0, 0.05) is 0 Å². The molecular formula is C26H20Cl2INO4S. The van der Waals surface area contributed by atoms with Crippen molar-refractivity contribution in [3.8, 4) is 11.5 Å². The maximum absolute atomic E-state index is 13.0. The molecule has 3 aromatic carbocycles. The Morgan fingerprint density at radius 1 is 0.971 bits per heavy atom. The van der Waals surface area contributed by atoms with E-state index in [1.165, 1.54) is 4.90 Å². The van der Waals surface area contributed by atoms with Crippen LogP contribution in [0.5, 0.6) is 11.5 Å². The van der Waals surface area contributed by atoms with E-state index in [1.54, 1.807) is 24.3 Å². The van der Waals surface area contributed by atoms with Crippen LogP contribution in [0.15, 0.2) is 65.6 Å². The number of carbonyl (C=O) groups is 2. The number of nitrogens with zero attached hydrogens (tertiary/aromatic N) is 1. The third kappa shape index (κ3) is 6.33. The first-order valence-corrected chi connectivity index (χ1v) is 13.3. The average molecular weight is 640 g/mol. The summed E-state index contributed by atoms with van der Waals surface area (Å²) in [7, 11) is 0. The van der Waals surface area contributed by atoms with E-state index >= 15 is 0 Å². The van der Waals surface area contributed by atoms with Crippen LogP contribution in [0, 0.1) is 3.57 Å². The molecule has 1 aliphatic heterocycles. The van der Waals surface area contributed by atoms with E-state index in [1.807, 2.05) is 49.4 Å². The molecule has 0 N–H and O–H groups in total. The Bertz CT molecular complexity index is 1300. The summed E-state index contributed by atoms with van der Waals surface area (Å²) >= 11 is 15.1. The first-order valence-electron chi connectivity index (χ1n) is 10.7. The summed E-state index contributed by atoms with van der Waals surface area (Å²) in [6.07, 6.45) is 1.70. The highest BCUT2D eigenvalue weighted by atomic mass is 127. The summed E-state index contributed by atoms with van der Waals surface area (Å²) < 4.78 is 12.7. The van der Waals surface area contributed by atoms with E-state index in [4.69, 9.17) is 32.7 Å². The number of ether oxygens (including phenoxy) is 2. The maximum Gasteiger partial charge on any atom is 0.293 e. The highest BCUT2D eigenvalue weighted by Gasteiger charge is 2.35. The average Bonchev–Trinajstić information content (AvgIpc) is 3.09. The zero-order chi connectivity index (χ0) is 24.9. The number of amides is 2. The predicted molar refractivity (Wildman–Crippen MR) is 149 cm³/mol. The largest absolute Gasteiger partial charge is 0.490 e. The van der Waals surface area contributed by atoms with Crippen LogP contribution in [0.2, 0.25) is 10.0 Å². The number of rotatable bonds is 8. The van der Waals surface area contributed by atoms with Crippen molar-refractivity contribution >= 4 is 74.8 Å². The first kappa shape index (κ1) is 25.9. The van der Waals surface area contributed by atoms with Crippen molar-refractivity contribution < 1.29 is 19.1 Å². The molecule has 0 unspecified atom stereocenters. The van der Waals surface area contributed by atoms with Gasteiger partial charge >= 0.3 is 0 Å². The van der Waals surface area contributed by atoms with Gasteiger partial charge in [-0.3, -0.25) is 14.5 Å². The lowest BCUT2D eigenvalue weighted by Crippen LogP contribution is -2.27. The molecular weight excluding hydrogens is 620 g/mol. The summed E-state index contributed by atoms with van der Waals surface area (Å²) in [6.45, 7) is 2.88. The fourth-order valence-electron chi connectivity index (χ4n) is 3.41. The number of thioether (sulfide) groups is 1. The molecule has 180 valence electrons. The van der Waals surface area contributed by atoms with Crippen LogP contribution in [0.4, 0.5) is 4.79 Å². The molecule has 1 aliphatic rings. The monoisotopic (exact) mass is 639 g/mol. The van der Waals surface area contributed by atoms with Crippen LogP contribution in [0.1, 0.15) is 23.6 Å². The van der Waals surface area contributed by atoms with Gasteiger partial charge in [0.25, 0.3) is 11.1 Å². The summed E-state index contributed by atoms with van der Waals surface area (Å²) in [6, 6.07) is 18.6. The number of imide groups is 1. The quantitative estimate of drug-likeness (QED) is 0.186. The molecule has 1 heterocycles. The Morgan fingerprint density at radius 3 is 2.46 bits per heavy atom. The minimum Gasteiger partial charge on any atom is -0.490 e. The van der Waals surface area contributed by atoms with Crippen LogP contribution in [0.25, 0.3) is 6.08 Å². The Labute approximate surface area is 231 Å². The Balaban J connectivity index is 1.55. The second-order valence-corrected chi connectivity index (χ2v) is 10.5. The van der Waals surface area contributed by atoms with Gasteiger partial charge in [-0.15, -0.1) is 0 Å². The highest BCUT2D eigenvalue weighted by Crippen LogP contribution is 2.38. The van der Waals surface area contributed by atoms with Crippen LogP contribution in [-0.4, -0.2) is 22.7 Å². The van der Waals surface area contributed by atoms with Gasteiger partial charge in [0.2, 0.25) is 0 Å². The van der Waals surface area contributed by atoms with Gasteiger partial charge in [0.15, 0.2) is 11.5 Å². The molecule has 3 aromatic rings. The fourth-order valence-corrected chi connectivity index (χ4v) is 5.35. The summed E-state index contributed by atoms with van der Waals surface area (Å²) in [4.78, 5) is 27.1. The van der Waals surface area contributed by atoms with Gasteiger partial charge in [-0.1, -0.05) is 59.6 Å². The molecule has 0 bridgehead atoms. The highest BCUT2D eigenvalue weighted by molar-refractivity contribution is 14.1. The van der Waals surface area contributed by atoms with Gasteiger partial charge in [-0.05, 0) is 88.3 Å². The molecule has 1 fully saturated rings. The van der Waals surface area contributed by atoms with Crippen LogP contribution in [0.3, 0.4) is 0 Å². The third-order valence-electron chi connectivity index (χ3n) is 5.05. The Hall–Kier alpha value is -2.20. The zero-order valence-corrected chi connectivity index (χ0v) is 23.1. The molecule has 0 aromatic heterocycles. The second-order valence-electron chi connectivity index (χ2n) is 7.55. The summed E-state index contributed by atoms with van der Waals surface area (Å²) in [5.41, 5.74) is 2.51. The molecule has 1 saturated heterocycles. The van der Waals surface area contributed by atoms with Gasteiger partial charge < -0.3 is 9.47 Å². The van der Waals surface area contributed by atoms with Crippen molar-refractivity contribution in [3.63, 3.8) is 0 Å². The second kappa shape index (κ2) is 11.7. The van der Waals surface area contributed by atoms with Crippen LogP contribution < -0.4 is 9.47 Å². The molecule has 5 nitrogen and oxygen atoms in total. The Morgan fingerprint density at radius 2 is 1.74 bits per heavy atom. The minimum absolute atomic E-state index is 0.118. The normalized spacial score (nSPS) is 14.6. The molecule has 35 heavy (non-hydrogen) atoms. The van der Waals surface area contributed by atoms with Crippen molar-refractivity contribution in [2.75, 3.05) is 6.61 Å². The molecule has 0 aliphatic carbocycles. The van der Waals surface area contributed by atoms with Crippen molar-refractivity contribution in [1.29, 1.82) is 0 Å². The lowest BCUT2D eigenvalue weighted by molar-refractivity contribution is -0.123. The van der Waals surface area contributed by atoms with Crippen LogP contribution >= 0.6 is 57.6 Å². The van der Waals surface area contributed by atoms with Gasteiger partial charge in [-0.25, -0.2) is 0 Å². The fraction of sp³-hybridized carbons (Fsp3) is 0.154. The molecule has 0 spiro atoms. The number of halogens is 3. The standard InChI is InChI=1S/C26H20Cl2INO4S/c1-2-33-22-12-18(11-21(29)24(22)34-15-16-6-4-3-5-7-16)13-23-25(31)30(26(32)35-23)14-17-8-9-19(27)20(28)10-17/h3-13H,2,14-15H2,1H3/b23-13+. The van der Waals surface area contributed by atoms with Crippen LogP contribution in [-0.2, 0) is 17.9 Å². The lowest BCUT2D eigenvalue weighted by atomic mass is 10.1. The van der Waals surface area contributed by atoms with E-state index < -0.39 is 0 Å². The molecule has 0 atom stereocenters. The topological polar surface area (TPSA) is 55.8 Å².